The van der Waals surface area contributed by atoms with Crippen molar-refractivity contribution in [2.75, 3.05) is 6.54 Å². The van der Waals surface area contributed by atoms with Crippen LogP contribution in [-0.2, 0) is 0 Å². The standard InChI is InChI=1S/C12H18N2OS/c1-9-4-7-16-10(9)11(15)14-12(8-13)5-2-3-6-12/h4,7H,2-3,5-6,8,13H2,1H3,(H,14,15). The van der Waals surface area contributed by atoms with E-state index in [9.17, 15) is 4.79 Å². The van der Waals surface area contributed by atoms with Crippen LogP contribution in [0.5, 0.6) is 0 Å². The Morgan fingerprint density at radius 1 is 1.56 bits per heavy atom. The molecule has 1 aromatic rings. The predicted octanol–water partition coefficient (Wildman–Crippen LogP) is 2.06. The molecular formula is C12H18N2OS. The van der Waals surface area contributed by atoms with Crippen LogP contribution < -0.4 is 11.1 Å². The van der Waals surface area contributed by atoms with Crippen LogP contribution in [0.4, 0.5) is 0 Å². The smallest absolute Gasteiger partial charge is 0.262 e. The third-order valence-electron chi connectivity index (χ3n) is 3.40. The maximum Gasteiger partial charge on any atom is 0.262 e. The highest BCUT2D eigenvalue weighted by molar-refractivity contribution is 7.12. The first-order valence-electron chi connectivity index (χ1n) is 5.73. The molecule has 0 radical (unpaired) electrons. The van der Waals surface area contributed by atoms with Gasteiger partial charge in [-0.3, -0.25) is 4.79 Å². The number of hydrogen-bond donors (Lipinski definition) is 2. The van der Waals surface area contributed by atoms with Gasteiger partial charge in [0.05, 0.1) is 10.4 Å². The number of amides is 1. The lowest BCUT2D eigenvalue weighted by molar-refractivity contribution is 0.0907. The molecule has 16 heavy (non-hydrogen) atoms. The molecule has 1 fully saturated rings. The van der Waals surface area contributed by atoms with Gasteiger partial charge in [-0.15, -0.1) is 11.3 Å². The molecule has 4 heteroatoms. The zero-order chi connectivity index (χ0) is 11.6. The highest BCUT2D eigenvalue weighted by Gasteiger charge is 2.34. The van der Waals surface area contributed by atoms with Crippen LogP contribution in [-0.4, -0.2) is 18.0 Å². The molecule has 1 amide bonds. The molecule has 1 aliphatic carbocycles. The highest BCUT2D eigenvalue weighted by Crippen LogP contribution is 2.29. The van der Waals surface area contributed by atoms with E-state index in [-0.39, 0.29) is 11.4 Å². The number of carbonyl (C=O) groups is 1. The minimum absolute atomic E-state index is 0.0415. The predicted molar refractivity (Wildman–Crippen MR) is 66.8 cm³/mol. The molecule has 0 saturated heterocycles. The van der Waals surface area contributed by atoms with Crippen molar-refractivity contribution < 1.29 is 4.79 Å². The summed E-state index contributed by atoms with van der Waals surface area (Å²) in [5, 5.41) is 5.08. The summed E-state index contributed by atoms with van der Waals surface area (Å²) in [6.07, 6.45) is 4.36. The van der Waals surface area contributed by atoms with Gasteiger partial charge in [-0.2, -0.15) is 0 Å². The molecule has 1 aliphatic rings. The van der Waals surface area contributed by atoms with E-state index < -0.39 is 0 Å². The van der Waals surface area contributed by atoms with Crippen molar-refractivity contribution >= 4 is 17.2 Å². The average Bonchev–Trinajstić information content (AvgIpc) is 2.87. The van der Waals surface area contributed by atoms with Crippen LogP contribution in [0.15, 0.2) is 11.4 Å². The third kappa shape index (κ3) is 2.13. The van der Waals surface area contributed by atoms with E-state index in [4.69, 9.17) is 5.73 Å². The summed E-state index contributed by atoms with van der Waals surface area (Å²) < 4.78 is 0. The van der Waals surface area contributed by atoms with Gasteiger partial charge in [0.1, 0.15) is 0 Å². The van der Waals surface area contributed by atoms with Crippen LogP contribution in [0.25, 0.3) is 0 Å². The lowest BCUT2D eigenvalue weighted by Gasteiger charge is -2.28. The van der Waals surface area contributed by atoms with Crippen LogP contribution >= 0.6 is 11.3 Å². The van der Waals surface area contributed by atoms with Gasteiger partial charge in [-0.05, 0) is 36.8 Å². The summed E-state index contributed by atoms with van der Waals surface area (Å²) in [6, 6.07) is 1.98. The van der Waals surface area contributed by atoms with Crippen molar-refractivity contribution in [3.63, 3.8) is 0 Å². The molecule has 0 spiro atoms. The molecule has 0 atom stereocenters. The lowest BCUT2D eigenvalue weighted by atomic mass is 9.97. The van der Waals surface area contributed by atoms with Crippen LogP contribution in [0.2, 0.25) is 0 Å². The first-order chi connectivity index (χ1) is 7.67. The second-order valence-corrected chi connectivity index (χ2v) is 5.49. The first-order valence-corrected chi connectivity index (χ1v) is 6.61. The molecular weight excluding hydrogens is 220 g/mol. The summed E-state index contributed by atoms with van der Waals surface area (Å²) in [6.45, 7) is 2.51. The maximum absolute atomic E-state index is 12.1. The van der Waals surface area contributed by atoms with Crippen molar-refractivity contribution in [3.05, 3.63) is 21.9 Å². The van der Waals surface area contributed by atoms with E-state index in [0.717, 1.165) is 23.3 Å². The third-order valence-corrected chi connectivity index (χ3v) is 4.41. The highest BCUT2D eigenvalue weighted by atomic mass is 32.1. The Kier molecular flexibility index (Phi) is 3.30. The number of aryl methyl sites for hydroxylation is 1. The van der Waals surface area contributed by atoms with E-state index in [1.54, 1.807) is 0 Å². The number of hydrogen-bond acceptors (Lipinski definition) is 3. The summed E-state index contributed by atoms with van der Waals surface area (Å²) >= 11 is 1.50. The number of nitrogens with two attached hydrogens (primary N) is 1. The Morgan fingerprint density at radius 2 is 2.25 bits per heavy atom. The van der Waals surface area contributed by atoms with E-state index in [1.807, 2.05) is 18.4 Å². The number of thiophene rings is 1. The van der Waals surface area contributed by atoms with Crippen LogP contribution in [0, 0.1) is 6.92 Å². The van der Waals surface area contributed by atoms with Crippen molar-refractivity contribution in [1.82, 2.24) is 5.32 Å². The molecule has 88 valence electrons. The topological polar surface area (TPSA) is 55.1 Å². The molecule has 0 unspecified atom stereocenters. The van der Waals surface area contributed by atoms with E-state index in [1.165, 1.54) is 24.2 Å². The maximum atomic E-state index is 12.1. The van der Waals surface area contributed by atoms with Crippen molar-refractivity contribution in [2.24, 2.45) is 5.73 Å². The Morgan fingerprint density at radius 3 is 2.75 bits per heavy atom. The Balaban J connectivity index is 2.09. The molecule has 1 saturated carbocycles. The first kappa shape index (κ1) is 11.6. The van der Waals surface area contributed by atoms with Crippen molar-refractivity contribution in [2.45, 2.75) is 38.1 Å². The fourth-order valence-corrected chi connectivity index (χ4v) is 3.16. The Bertz CT molecular complexity index is 380. The van der Waals surface area contributed by atoms with Crippen LogP contribution in [0.1, 0.15) is 40.9 Å². The van der Waals surface area contributed by atoms with Crippen molar-refractivity contribution in [1.29, 1.82) is 0 Å². The van der Waals surface area contributed by atoms with Gasteiger partial charge in [-0.1, -0.05) is 12.8 Å². The normalized spacial score (nSPS) is 18.6. The lowest BCUT2D eigenvalue weighted by Crippen LogP contribution is -2.51. The van der Waals surface area contributed by atoms with E-state index in [2.05, 4.69) is 5.32 Å². The van der Waals surface area contributed by atoms with Gasteiger partial charge < -0.3 is 11.1 Å². The molecule has 3 nitrogen and oxygen atoms in total. The fraction of sp³-hybridized carbons (Fsp3) is 0.583. The molecule has 0 bridgehead atoms. The quantitative estimate of drug-likeness (QED) is 0.847. The zero-order valence-electron chi connectivity index (χ0n) is 9.58. The molecule has 2 rings (SSSR count). The van der Waals surface area contributed by atoms with Gasteiger partial charge >= 0.3 is 0 Å². The number of carbonyl (C=O) groups excluding carboxylic acids is 1. The monoisotopic (exact) mass is 238 g/mol. The molecule has 1 heterocycles. The van der Waals surface area contributed by atoms with Crippen LogP contribution in [0.3, 0.4) is 0 Å². The van der Waals surface area contributed by atoms with E-state index >= 15 is 0 Å². The Hall–Kier alpha value is -0.870. The molecule has 3 N–H and O–H groups in total. The van der Waals surface area contributed by atoms with Crippen molar-refractivity contribution in [3.8, 4) is 0 Å². The summed E-state index contributed by atoms with van der Waals surface area (Å²) in [4.78, 5) is 12.9. The second kappa shape index (κ2) is 4.55. The summed E-state index contributed by atoms with van der Waals surface area (Å²) in [5.41, 5.74) is 6.70. The number of rotatable bonds is 3. The Labute approximate surface area is 100 Å². The number of nitrogens with one attached hydrogen (secondary N) is 1. The minimum Gasteiger partial charge on any atom is -0.345 e. The average molecular weight is 238 g/mol. The fourth-order valence-electron chi connectivity index (χ4n) is 2.33. The second-order valence-electron chi connectivity index (χ2n) is 4.58. The molecule has 1 aromatic heterocycles. The summed E-state index contributed by atoms with van der Waals surface area (Å²) in [5.74, 6) is 0.0415. The molecule has 0 aromatic carbocycles. The minimum atomic E-state index is -0.145. The van der Waals surface area contributed by atoms with Gasteiger partial charge in [0, 0.05) is 6.54 Å². The molecule has 0 aliphatic heterocycles. The van der Waals surface area contributed by atoms with Gasteiger partial charge in [0.25, 0.3) is 5.91 Å². The van der Waals surface area contributed by atoms with Gasteiger partial charge in [0.2, 0.25) is 0 Å². The summed E-state index contributed by atoms with van der Waals surface area (Å²) in [7, 11) is 0. The largest absolute Gasteiger partial charge is 0.345 e. The van der Waals surface area contributed by atoms with E-state index in [0.29, 0.717) is 6.54 Å². The van der Waals surface area contributed by atoms with Gasteiger partial charge in [0.15, 0.2) is 0 Å². The zero-order valence-corrected chi connectivity index (χ0v) is 10.4. The van der Waals surface area contributed by atoms with Gasteiger partial charge in [-0.25, -0.2) is 0 Å². The SMILES string of the molecule is Cc1ccsc1C(=O)NC1(CN)CCCC1.